The SMILES string of the molecule is Cc1ccc(Cn2cc(NC(=O)c3cnn(C)c3Cl)cn2)cc1. The Morgan fingerprint density at radius 1 is 1.22 bits per heavy atom. The Bertz CT molecular complexity index is 835. The first-order chi connectivity index (χ1) is 11.0. The van der Waals surface area contributed by atoms with Gasteiger partial charge >= 0.3 is 0 Å². The lowest BCUT2D eigenvalue weighted by molar-refractivity contribution is 0.102. The van der Waals surface area contributed by atoms with E-state index in [2.05, 4.69) is 46.7 Å². The normalized spacial score (nSPS) is 10.7. The lowest BCUT2D eigenvalue weighted by atomic mass is 10.1. The molecule has 0 atom stereocenters. The van der Waals surface area contributed by atoms with Gasteiger partial charge in [0.2, 0.25) is 0 Å². The number of carbonyl (C=O) groups is 1. The molecule has 1 N–H and O–H groups in total. The van der Waals surface area contributed by atoms with Gasteiger partial charge in [-0.3, -0.25) is 14.2 Å². The van der Waals surface area contributed by atoms with Crippen molar-refractivity contribution in [3.63, 3.8) is 0 Å². The molecule has 3 rings (SSSR count). The molecule has 0 aliphatic carbocycles. The van der Waals surface area contributed by atoms with Gasteiger partial charge in [0.25, 0.3) is 5.91 Å². The fraction of sp³-hybridized carbons (Fsp3) is 0.188. The first-order valence-electron chi connectivity index (χ1n) is 7.10. The molecule has 0 saturated heterocycles. The summed E-state index contributed by atoms with van der Waals surface area (Å²) in [6.45, 7) is 2.69. The number of anilines is 1. The summed E-state index contributed by atoms with van der Waals surface area (Å²) in [6.07, 6.45) is 4.83. The molecule has 118 valence electrons. The monoisotopic (exact) mass is 329 g/mol. The third-order valence-electron chi connectivity index (χ3n) is 3.47. The van der Waals surface area contributed by atoms with Gasteiger partial charge in [-0.05, 0) is 12.5 Å². The maximum absolute atomic E-state index is 12.2. The highest BCUT2D eigenvalue weighted by molar-refractivity contribution is 6.33. The van der Waals surface area contributed by atoms with Crippen LogP contribution in [0.15, 0.2) is 42.9 Å². The van der Waals surface area contributed by atoms with Crippen LogP contribution in [-0.2, 0) is 13.6 Å². The highest BCUT2D eigenvalue weighted by atomic mass is 35.5. The van der Waals surface area contributed by atoms with Crippen molar-refractivity contribution in [1.29, 1.82) is 0 Å². The van der Waals surface area contributed by atoms with Crippen molar-refractivity contribution in [2.24, 2.45) is 7.05 Å². The molecule has 0 bridgehead atoms. The first kappa shape index (κ1) is 15.3. The molecular formula is C16H16ClN5O. The smallest absolute Gasteiger partial charge is 0.260 e. The van der Waals surface area contributed by atoms with E-state index in [1.807, 2.05) is 0 Å². The summed E-state index contributed by atoms with van der Waals surface area (Å²) in [5, 5.41) is 11.3. The van der Waals surface area contributed by atoms with Crippen molar-refractivity contribution >= 4 is 23.2 Å². The van der Waals surface area contributed by atoms with Gasteiger partial charge in [-0.2, -0.15) is 10.2 Å². The molecule has 1 amide bonds. The summed E-state index contributed by atoms with van der Waals surface area (Å²) in [5.74, 6) is -0.307. The molecule has 0 aliphatic rings. The van der Waals surface area contributed by atoms with Crippen molar-refractivity contribution < 1.29 is 4.79 Å². The van der Waals surface area contributed by atoms with Crippen LogP contribution in [0.25, 0.3) is 0 Å². The molecule has 2 heterocycles. The molecule has 0 spiro atoms. The summed E-state index contributed by atoms with van der Waals surface area (Å²) in [4.78, 5) is 12.2. The van der Waals surface area contributed by atoms with E-state index in [0.717, 1.165) is 5.56 Å². The zero-order valence-electron chi connectivity index (χ0n) is 12.8. The van der Waals surface area contributed by atoms with Gasteiger partial charge in [-0.1, -0.05) is 41.4 Å². The number of hydrogen-bond donors (Lipinski definition) is 1. The number of benzene rings is 1. The fourth-order valence-electron chi connectivity index (χ4n) is 2.17. The molecule has 23 heavy (non-hydrogen) atoms. The minimum absolute atomic E-state index is 0.301. The van der Waals surface area contributed by atoms with E-state index in [9.17, 15) is 4.79 Å². The number of nitrogens with one attached hydrogen (secondary N) is 1. The lowest BCUT2D eigenvalue weighted by Gasteiger charge is -2.03. The van der Waals surface area contributed by atoms with Crippen LogP contribution in [0.2, 0.25) is 5.15 Å². The summed E-state index contributed by atoms with van der Waals surface area (Å²) in [6, 6.07) is 8.24. The molecule has 0 unspecified atom stereocenters. The predicted molar refractivity (Wildman–Crippen MR) is 88.7 cm³/mol. The molecule has 3 aromatic rings. The first-order valence-corrected chi connectivity index (χ1v) is 7.47. The molecule has 2 aromatic heterocycles. The van der Waals surface area contributed by atoms with Crippen LogP contribution in [0.1, 0.15) is 21.5 Å². The second kappa shape index (κ2) is 6.26. The summed E-state index contributed by atoms with van der Waals surface area (Å²) in [5.41, 5.74) is 3.31. The minimum atomic E-state index is -0.307. The largest absolute Gasteiger partial charge is 0.319 e. The van der Waals surface area contributed by atoms with Gasteiger partial charge in [-0.15, -0.1) is 0 Å². The van der Waals surface area contributed by atoms with Crippen LogP contribution in [0.3, 0.4) is 0 Å². The Hall–Kier alpha value is -2.60. The van der Waals surface area contributed by atoms with Crippen LogP contribution in [0.4, 0.5) is 5.69 Å². The quantitative estimate of drug-likeness (QED) is 0.800. The third kappa shape index (κ3) is 3.43. The van der Waals surface area contributed by atoms with E-state index in [-0.39, 0.29) is 5.91 Å². The average Bonchev–Trinajstić information content (AvgIpc) is 3.09. The molecule has 0 fully saturated rings. The minimum Gasteiger partial charge on any atom is -0.319 e. The third-order valence-corrected chi connectivity index (χ3v) is 3.92. The van der Waals surface area contributed by atoms with Crippen LogP contribution in [0.5, 0.6) is 0 Å². The van der Waals surface area contributed by atoms with Crippen molar-refractivity contribution in [2.45, 2.75) is 13.5 Å². The van der Waals surface area contributed by atoms with E-state index in [1.165, 1.54) is 16.4 Å². The molecule has 0 aliphatic heterocycles. The van der Waals surface area contributed by atoms with E-state index in [0.29, 0.717) is 22.9 Å². The van der Waals surface area contributed by atoms with Crippen molar-refractivity contribution in [3.8, 4) is 0 Å². The van der Waals surface area contributed by atoms with Gasteiger partial charge < -0.3 is 5.32 Å². The summed E-state index contributed by atoms with van der Waals surface area (Å²) in [7, 11) is 1.68. The Labute approximate surface area is 138 Å². The second-order valence-corrected chi connectivity index (χ2v) is 5.70. The Morgan fingerprint density at radius 3 is 2.61 bits per heavy atom. The van der Waals surface area contributed by atoms with Gasteiger partial charge in [-0.25, -0.2) is 0 Å². The zero-order chi connectivity index (χ0) is 16.4. The molecule has 0 saturated carbocycles. The number of rotatable bonds is 4. The Kier molecular flexibility index (Phi) is 4.16. The van der Waals surface area contributed by atoms with Gasteiger partial charge in [0, 0.05) is 13.2 Å². The molecular weight excluding hydrogens is 314 g/mol. The number of carbonyl (C=O) groups excluding carboxylic acids is 1. The van der Waals surface area contributed by atoms with E-state index >= 15 is 0 Å². The number of hydrogen-bond acceptors (Lipinski definition) is 3. The van der Waals surface area contributed by atoms with E-state index in [1.54, 1.807) is 24.1 Å². The molecule has 0 radical (unpaired) electrons. The maximum atomic E-state index is 12.2. The highest BCUT2D eigenvalue weighted by Crippen LogP contribution is 2.16. The van der Waals surface area contributed by atoms with Crippen molar-refractivity contribution in [2.75, 3.05) is 5.32 Å². The second-order valence-electron chi connectivity index (χ2n) is 5.34. The predicted octanol–water partition coefficient (Wildman–Crippen LogP) is 2.88. The van der Waals surface area contributed by atoms with Crippen LogP contribution >= 0.6 is 11.6 Å². The summed E-state index contributed by atoms with van der Waals surface area (Å²) < 4.78 is 3.21. The number of nitrogens with zero attached hydrogens (tertiary/aromatic N) is 4. The van der Waals surface area contributed by atoms with E-state index in [4.69, 9.17) is 11.6 Å². The van der Waals surface area contributed by atoms with Crippen LogP contribution < -0.4 is 5.32 Å². The van der Waals surface area contributed by atoms with Gasteiger partial charge in [0.15, 0.2) is 0 Å². The van der Waals surface area contributed by atoms with Crippen molar-refractivity contribution in [1.82, 2.24) is 19.6 Å². The number of aryl methyl sites for hydroxylation is 2. The van der Waals surface area contributed by atoms with Crippen LogP contribution in [0, 0.1) is 6.92 Å². The average molecular weight is 330 g/mol. The maximum Gasteiger partial charge on any atom is 0.260 e. The topological polar surface area (TPSA) is 64.7 Å². The number of aromatic nitrogens is 4. The molecule has 6 nitrogen and oxygen atoms in total. The number of amides is 1. The fourth-order valence-corrected chi connectivity index (χ4v) is 2.35. The molecule has 1 aromatic carbocycles. The van der Waals surface area contributed by atoms with Gasteiger partial charge in [0.05, 0.1) is 30.2 Å². The summed E-state index contributed by atoms with van der Waals surface area (Å²) >= 11 is 6.01. The van der Waals surface area contributed by atoms with Crippen LogP contribution in [-0.4, -0.2) is 25.5 Å². The highest BCUT2D eigenvalue weighted by Gasteiger charge is 2.15. The number of halogens is 1. The lowest BCUT2D eigenvalue weighted by Crippen LogP contribution is -2.11. The van der Waals surface area contributed by atoms with E-state index < -0.39 is 0 Å². The van der Waals surface area contributed by atoms with Crippen molar-refractivity contribution in [3.05, 3.63) is 64.7 Å². The standard InChI is InChI=1S/C16H16ClN5O/c1-11-3-5-12(6-4-11)9-22-10-13(7-19-22)20-16(23)14-8-18-21(2)15(14)17/h3-8,10H,9H2,1-2H3,(H,20,23). The Balaban J connectivity index is 1.68. The zero-order valence-corrected chi connectivity index (χ0v) is 13.6. The molecule has 7 heteroatoms. The Morgan fingerprint density at radius 2 is 1.96 bits per heavy atom. The van der Waals surface area contributed by atoms with Gasteiger partial charge in [0.1, 0.15) is 5.15 Å².